The summed E-state index contributed by atoms with van der Waals surface area (Å²) in [7, 11) is 0. The summed E-state index contributed by atoms with van der Waals surface area (Å²) in [5.74, 6) is -0.402. The molecular weight excluding hydrogens is 171 g/mol. The van der Waals surface area contributed by atoms with Crippen molar-refractivity contribution in [3.8, 4) is 0 Å². The van der Waals surface area contributed by atoms with Crippen LogP contribution in [0.1, 0.15) is 6.92 Å². The predicted octanol–water partition coefficient (Wildman–Crippen LogP) is 1.20. The van der Waals surface area contributed by atoms with Gasteiger partial charge in [0.1, 0.15) is 5.82 Å². The number of hydrogen-bond donors (Lipinski definition) is 3. The zero-order chi connectivity index (χ0) is 9.84. The molecule has 1 atom stereocenters. The van der Waals surface area contributed by atoms with Gasteiger partial charge in [-0.1, -0.05) is 0 Å². The molecule has 0 aliphatic rings. The van der Waals surface area contributed by atoms with Crippen LogP contribution < -0.4 is 11.1 Å². The predicted molar refractivity (Wildman–Crippen MR) is 51.0 cm³/mol. The van der Waals surface area contributed by atoms with E-state index in [1.54, 1.807) is 19.1 Å². The smallest absolute Gasteiger partial charge is 0.148 e. The van der Waals surface area contributed by atoms with Crippen molar-refractivity contribution >= 4 is 11.4 Å². The Hall–Kier alpha value is -1.29. The van der Waals surface area contributed by atoms with Crippen molar-refractivity contribution in [2.24, 2.45) is 0 Å². The van der Waals surface area contributed by atoms with Gasteiger partial charge in [0.25, 0.3) is 0 Å². The van der Waals surface area contributed by atoms with Crippen LogP contribution in [0.5, 0.6) is 0 Å². The average molecular weight is 184 g/mol. The highest BCUT2D eigenvalue weighted by molar-refractivity contribution is 5.52. The quantitative estimate of drug-likeness (QED) is 0.619. The van der Waals surface area contributed by atoms with Crippen molar-refractivity contribution in [2.45, 2.75) is 13.0 Å². The molecule has 4 heteroatoms. The van der Waals surface area contributed by atoms with Crippen molar-refractivity contribution in [2.75, 3.05) is 17.6 Å². The minimum Gasteiger partial charge on any atom is -0.399 e. The summed E-state index contributed by atoms with van der Waals surface area (Å²) in [6, 6.07) is 4.39. The molecule has 0 amide bonds. The Morgan fingerprint density at radius 2 is 2.31 bits per heavy atom. The van der Waals surface area contributed by atoms with Gasteiger partial charge in [0.05, 0.1) is 11.8 Å². The van der Waals surface area contributed by atoms with Crippen LogP contribution in [-0.4, -0.2) is 17.8 Å². The SMILES string of the molecule is CC(O)CNc1ccc(N)cc1F. The van der Waals surface area contributed by atoms with Gasteiger partial charge >= 0.3 is 0 Å². The summed E-state index contributed by atoms with van der Waals surface area (Å²) in [6.07, 6.45) is -0.503. The number of aliphatic hydroxyl groups is 1. The van der Waals surface area contributed by atoms with Gasteiger partial charge in [-0.2, -0.15) is 0 Å². The lowest BCUT2D eigenvalue weighted by molar-refractivity contribution is 0.208. The Morgan fingerprint density at radius 1 is 1.62 bits per heavy atom. The standard InChI is InChI=1S/C9H13FN2O/c1-6(13)5-12-9-3-2-7(11)4-8(9)10/h2-4,6,12-13H,5,11H2,1H3. The van der Waals surface area contributed by atoms with Gasteiger partial charge in [-0.05, 0) is 25.1 Å². The zero-order valence-corrected chi connectivity index (χ0v) is 7.42. The number of nitrogens with two attached hydrogens (primary N) is 1. The fraction of sp³-hybridized carbons (Fsp3) is 0.333. The van der Waals surface area contributed by atoms with Gasteiger partial charge < -0.3 is 16.2 Å². The molecule has 72 valence electrons. The highest BCUT2D eigenvalue weighted by Crippen LogP contribution is 2.16. The van der Waals surface area contributed by atoms with Gasteiger partial charge in [0.15, 0.2) is 0 Å². The fourth-order valence-corrected chi connectivity index (χ4v) is 0.932. The highest BCUT2D eigenvalue weighted by atomic mass is 19.1. The first-order chi connectivity index (χ1) is 6.09. The summed E-state index contributed by atoms with van der Waals surface area (Å²) >= 11 is 0. The van der Waals surface area contributed by atoms with Crippen molar-refractivity contribution in [3.05, 3.63) is 24.0 Å². The van der Waals surface area contributed by atoms with Crippen molar-refractivity contribution in [3.63, 3.8) is 0 Å². The van der Waals surface area contributed by atoms with E-state index in [1.807, 2.05) is 0 Å². The van der Waals surface area contributed by atoms with Crippen LogP contribution in [0.25, 0.3) is 0 Å². The molecule has 0 fully saturated rings. The summed E-state index contributed by atoms with van der Waals surface area (Å²) in [6.45, 7) is 1.95. The normalized spacial score (nSPS) is 12.5. The van der Waals surface area contributed by atoms with E-state index in [2.05, 4.69) is 5.32 Å². The summed E-state index contributed by atoms with van der Waals surface area (Å²) < 4.78 is 13.1. The lowest BCUT2D eigenvalue weighted by Crippen LogP contribution is -2.16. The van der Waals surface area contributed by atoms with Crippen LogP contribution in [0, 0.1) is 5.82 Å². The first-order valence-corrected chi connectivity index (χ1v) is 4.06. The van der Waals surface area contributed by atoms with E-state index in [9.17, 15) is 4.39 Å². The van der Waals surface area contributed by atoms with E-state index in [0.29, 0.717) is 17.9 Å². The molecule has 13 heavy (non-hydrogen) atoms. The molecule has 1 aromatic rings. The van der Waals surface area contributed by atoms with Crippen LogP contribution >= 0.6 is 0 Å². The number of halogens is 1. The van der Waals surface area contributed by atoms with E-state index in [-0.39, 0.29) is 0 Å². The molecule has 0 bridgehead atoms. The first-order valence-electron chi connectivity index (χ1n) is 4.06. The molecule has 3 nitrogen and oxygen atoms in total. The van der Waals surface area contributed by atoms with Gasteiger partial charge in [0, 0.05) is 12.2 Å². The fourth-order valence-electron chi connectivity index (χ4n) is 0.932. The Labute approximate surface area is 76.4 Å². The zero-order valence-electron chi connectivity index (χ0n) is 7.42. The van der Waals surface area contributed by atoms with Crippen LogP contribution in [0.2, 0.25) is 0 Å². The second-order valence-corrected chi connectivity index (χ2v) is 2.97. The van der Waals surface area contributed by atoms with E-state index in [1.165, 1.54) is 6.07 Å². The monoisotopic (exact) mass is 184 g/mol. The van der Waals surface area contributed by atoms with E-state index in [0.717, 1.165) is 0 Å². The Kier molecular flexibility index (Phi) is 3.08. The molecule has 1 aromatic carbocycles. The number of aliphatic hydroxyl groups excluding tert-OH is 1. The number of benzene rings is 1. The minimum atomic E-state index is -0.503. The van der Waals surface area contributed by atoms with Crippen LogP contribution in [0.3, 0.4) is 0 Å². The number of nitrogens with one attached hydrogen (secondary N) is 1. The molecule has 4 N–H and O–H groups in total. The molecule has 1 rings (SSSR count). The third-order valence-electron chi connectivity index (χ3n) is 1.58. The van der Waals surface area contributed by atoms with Gasteiger partial charge in [-0.3, -0.25) is 0 Å². The molecule has 0 heterocycles. The molecular formula is C9H13FN2O. The Morgan fingerprint density at radius 3 is 2.85 bits per heavy atom. The molecule has 0 aliphatic heterocycles. The Balaban J connectivity index is 2.67. The number of anilines is 2. The third kappa shape index (κ3) is 2.91. The van der Waals surface area contributed by atoms with Gasteiger partial charge in [-0.25, -0.2) is 4.39 Å². The molecule has 0 radical (unpaired) electrons. The second kappa shape index (κ2) is 4.09. The van der Waals surface area contributed by atoms with E-state index >= 15 is 0 Å². The lowest BCUT2D eigenvalue weighted by Gasteiger charge is -2.09. The van der Waals surface area contributed by atoms with Gasteiger partial charge in [0.2, 0.25) is 0 Å². The maximum Gasteiger partial charge on any atom is 0.148 e. The van der Waals surface area contributed by atoms with Crippen LogP contribution in [0.4, 0.5) is 15.8 Å². The summed E-state index contributed by atoms with van der Waals surface area (Å²) in [5, 5.41) is 11.7. The molecule has 0 spiro atoms. The largest absolute Gasteiger partial charge is 0.399 e. The van der Waals surface area contributed by atoms with Crippen molar-refractivity contribution < 1.29 is 9.50 Å². The number of nitrogen functional groups attached to an aromatic ring is 1. The summed E-state index contributed by atoms with van der Waals surface area (Å²) in [5.41, 5.74) is 6.11. The first kappa shape index (κ1) is 9.80. The third-order valence-corrected chi connectivity index (χ3v) is 1.58. The molecule has 0 saturated carbocycles. The summed E-state index contributed by atoms with van der Waals surface area (Å²) in [4.78, 5) is 0. The molecule has 0 saturated heterocycles. The minimum absolute atomic E-state index is 0.320. The highest BCUT2D eigenvalue weighted by Gasteiger charge is 2.02. The van der Waals surface area contributed by atoms with Gasteiger partial charge in [-0.15, -0.1) is 0 Å². The van der Waals surface area contributed by atoms with E-state index in [4.69, 9.17) is 10.8 Å². The molecule has 0 aromatic heterocycles. The number of hydrogen-bond acceptors (Lipinski definition) is 3. The number of rotatable bonds is 3. The van der Waals surface area contributed by atoms with Crippen molar-refractivity contribution in [1.29, 1.82) is 0 Å². The van der Waals surface area contributed by atoms with Crippen LogP contribution in [0.15, 0.2) is 18.2 Å². The Bertz CT molecular complexity index is 289. The maximum atomic E-state index is 13.1. The molecule has 0 aliphatic carbocycles. The average Bonchev–Trinajstić information content (AvgIpc) is 2.02. The van der Waals surface area contributed by atoms with Crippen LogP contribution in [-0.2, 0) is 0 Å². The van der Waals surface area contributed by atoms with E-state index < -0.39 is 11.9 Å². The second-order valence-electron chi connectivity index (χ2n) is 2.97. The molecule has 1 unspecified atom stereocenters. The maximum absolute atomic E-state index is 13.1. The lowest BCUT2D eigenvalue weighted by atomic mass is 10.2. The topological polar surface area (TPSA) is 58.3 Å². The van der Waals surface area contributed by atoms with Crippen molar-refractivity contribution in [1.82, 2.24) is 0 Å².